The van der Waals surface area contributed by atoms with Gasteiger partial charge in [0.2, 0.25) is 0 Å². The monoisotopic (exact) mass is 331 g/mol. The van der Waals surface area contributed by atoms with Crippen LogP contribution in [0.1, 0.15) is 23.4 Å². The standard InChI is InChI=1S/C21H21N3O/c1-14-18(20-15(2)23-25-16(20)3)10-11-19-21(14)24(13-22-19)12-17-8-6-4-5-7-9-17/h4,6-11,13H,5,12H2,1-3H3. The molecule has 0 unspecified atom stereocenters. The van der Waals surface area contributed by atoms with E-state index in [1.807, 2.05) is 20.2 Å². The van der Waals surface area contributed by atoms with Gasteiger partial charge in [0.05, 0.1) is 23.1 Å². The van der Waals surface area contributed by atoms with Gasteiger partial charge in [-0.25, -0.2) is 4.98 Å². The minimum absolute atomic E-state index is 0.809. The van der Waals surface area contributed by atoms with Gasteiger partial charge in [0.15, 0.2) is 0 Å². The number of benzene rings is 1. The first-order valence-corrected chi connectivity index (χ1v) is 8.55. The van der Waals surface area contributed by atoms with Gasteiger partial charge in [-0.15, -0.1) is 0 Å². The van der Waals surface area contributed by atoms with Crippen molar-refractivity contribution in [1.29, 1.82) is 0 Å². The Morgan fingerprint density at radius 1 is 1.16 bits per heavy atom. The summed E-state index contributed by atoms with van der Waals surface area (Å²) in [5.41, 5.74) is 7.83. The Morgan fingerprint density at radius 3 is 2.84 bits per heavy atom. The average Bonchev–Trinajstić information content (AvgIpc) is 3.03. The Morgan fingerprint density at radius 2 is 2.04 bits per heavy atom. The highest BCUT2D eigenvalue weighted by Gasteiger charge is 2.17. The Balaban J connectivity index is 1.84. The number of hydrogen-bond acceptors (Lipinski definition) is 3. The molecule has 0 fully saturated rings. The molecule has 4 rings (SSSR count). The molecule has 0 radical (unpaired) electrons. The predicted octanol–water partition coefficient (Wildman–Crippen LogP) is 5.06. The van der Waals surface area contributed by atoms with Gasteiger partial charge in [-0.1, -0.05) is 41.6 Å². The zero-order valence-electron chi connectivity index (χ0n) is 14.8. The third-order valence-corrected chi connectivity index (χ3v) is 4.74. The molecule has 0 saturated carbocycles. The van der Waals surface area contributed by atoms with E-state index in [1.54, 1.807) is 0 Å². The predicted molar refractivity (Wildman–Crippen MR) is 100 cm³/mol. The average molecular weight is 331 g/mol. The summed E-state index contributed by atoms with van der Waals surface area (Å²) in [7, 11) is 0. The van der Waals surface area contributed by atoms with E-state index in [0.717, 1.165) is 41.1 Å². The Kier molecular flexibility index (Phi) is 3.88. The van der Waals surface area contributed by atoms with Crippen LogP contribution >= 0.6 is 0 Å². The van der Waals surface area contributed by atoms with Crippen LogP contribution in [0.5, 0.6) is 0 Å². The molecule has 0 aliphatic heterocycles. The number of aromatic nitrogens is 3. The molecule has 1 aromatic carbocycles. The summed E-state index contributed by atoms with van der Waals surface area (Å²) in [6, 6.07) is 4.20. The molecule has 1 aliphatic carbocycles. The van der Waals surface area contributed by atoms with E-state index >= 15 is 0 Å². The van der Waals surface area contributed by atoms with E-state index in [4.69, 9.17) is 4.52 Å². The summed E-state index contributed by atoms with van der Waals surface area (Å²) in [6.07, 6.45) is 13.8. The minimum atomic E-state index is 0.809. The number of imidazole rings is 1. The van der Waals surface area contributed by atoms with Gasteiger partial charge in [-0.2, -0.15) is 0 Å². The molecular formula is C21H21N3O. The lowest BCUT2D eigenvalue weighted by atomic mass is 9.98. The highest BCUT2D eigenvalue weighted by molar-refractivity contribution is 5.88. The van der Waals surface area contributed by atoms with Crippen LogP contribution in [0.15, 0.2) is 58.9 Å². The van der Waals surface area contributed by atoms with E-state index in [2.05, 4.69) is 64.1 Å². The molecule has 2 heterocycles. The highest BCUT2D eigenvalue weighted by Crippen LogP contribution is 2.33. The van der Waals surface area contributed by atoms with Crippen LogP contribution in [0.4, 0.5) is 0 Å². The summed E-state index contributed by atoms with van der Waals surface area (Å²) in [5.74, 6) is 0.852. The first-order chi connectivity index (χ1) is 12.1. The van der Waals surface area contributed by atoms with Crippen molar-refractivity contribution in [2.75, 3.05) is 0 Å². The maximum atomic E-state index is 5.37. The number of fused-ring (bicyclic) bond motifs is 1. The van der Waals surface area contributed by atoms with Gasteiger partial charge >= 0.3 is 0 Å². The van der Waals surface area contributed by atoms with Gasteiger partial charge in [-0.05, 0) is 50.0 Å². The van der Waals surface area contributed by atoms with Crippen molar-refractivity contribution in [2.24, 2.45) is 0 Å². The molecule has 1 aliphatic rings. The molecule has 25 heavy (non-hydrogen) atoms. The lowest BCUT2D eigenvalue weighted by Gasteiger charge is -2.11. The normalized spacial score (nSPS) is 14.1. The number of rotatable bonds is 3. The van der Waals surface area contributed by atoms with E-state index in [9.17, 15) is 0 Å². The topological polar surface area (TPSA) is 43.9 Å². The second kappa shape index (κ2) is 6.20. The van der Waals surface area contributed by atoms with Crippen molar-refractivity contribution in [1.82, 2.24) is 14.7 Å². The summed E-state index contributed by atoms with van der Waals surface area (Å²) in [5, 5.41) is 4.10. The van der Waals surface area contributed by atoms with Crippen molar-refractivity contribution in [3.05, 3.63) is 71.4 Å². The van der Waals surface area contributed by atoms with E-state index in [0.29, 0.717) is 0 Å². The minimum Gasteiger partial charge on any atom is -0.361 e. The van der Waals surface area contributed by atoms with Crippen molar-refractivity contribution in [2.45, 2.75) is 33.7 Å². The van der Waals surface area contributed by atoms with Crippen molar-refractivity contribution in [3.63, 3.8) is 0 Å². The SMILES string of the molecule is Cc1noc(C)c1-c1ccc2ncn(CC3=CC=CCC=C3)c2c1C. The molecule has 4 heteroatoms. The quantitative estimate of drug-likeness (QED) is 0.674. The maximum Gasteiger partial charge on any atom is 0.141 e. The second-order valence-corrected chi connectivity index (χ2v) is 6.49. The van der Waals surface area contributed by atoms with Crippen LogP contribution in [0, 0.1) is 20.8 Å². The molecule has 0 spiro atoms. The molecule has 2 aromatic heterocycles. The summed E-state index contributed by atoms with van der Waals surface area (Å²) >= 11 is 0. The molecule has 126 valence electrons. The van der Waals surface area contributed by atoms with Gasteiger partial charge < -0.3 is 9.09 Å². The molecule has 0 bridgehead atoms. The molecule has 0 N–H and O–H groups in total. The third kappa shape index (κ3) is 2.74. The number of hydrogen-bond donors (Lipinski definition) is 0. The molecule has 4 nitrogen and oxygen atoms in total. The highest BCUT2D eigenvalue weighted by atomic mass is 16.5. The maximum absolute atomic E-state index is 5.37. The molecule has 0 saturated heterocycles. The summed E-state index contributed by atoms with van der Waals surface area (Å²) < 4.78 is 7.59. The summed E-state index contributed by atoms with van der Waals surface area (Å²) in [4.78, 5) is 4.59. The first kappa shape index (κ1) is 15.6. The fourth-order valence-corrected chi connectivity index (χ4v) is 3.53. The first-order valence-electron chi connectivity index (χ1n) is 8.55. The van der Waals surface area contributed by atoms with Gasteiger partial charge in [-0.3, -0.25) is 0 Å². The van der Waals surface area contributed by atoms with E-state index in [-0.39, 0.29) is 0 Å². The third-order valence-electron chi connectivity index (χ3n) is 4.74. The van der Waals surface area contributed by atoms with E-state index in [1.165, 1.54) is 16.7 Å². The van der Waals surface area contributed by atoms with Crippen LogP contribution in [0.2, 0.25) is 0 Å². The molecule has 0 atom stereocenters. The Labute approximate surface area is 147 Å². The molecule has 0 amide bonds. The lowest BCUT2D eigenvalue weighted by Crippen LogP contribution is -2.00. The van der Waals surface area contributed by atoms with Gasteiger partial charge in [0, 0.05) is 12.1 Å². The molecular weight excluding hydrogens is 310 g/mol. The molecule has 3 aromatic rings. The lowest BCUT2D eigenvalue weighted by molar-refractivity contribution is 0.393. The van der Waals surface area contributed by atoms with Crippen LogP contribution in [0.25, 0.3) is 22.2 Å². The second-order valence-electron chi connectivity index (χ2n) is 6.49. The number of nitrogens with zero attached hydrogens (tertiary/aromatic N) is 3. The largest absolute Gasteiger partial charge is 0.361 e. The van der Waals surface area contributed by atoms with Crippen LogP contribution in [-0.2, 0) is 6.54 Å². The van der Waals surface area contributed by atoms with Gasteiger partial charge in [0.1, 0.15) is 5.76 Å². The fraction of sp³-hybridized carbons (Fsp3) is 0.238. The zero-order valence-corrected chi connectivity index (χ0v) is 14.8. The number of allylic oxidation sites excluding steroid dienone is 6. The number of aryl methyl sites for hydroxylation is 3. The van der Waals surface area contributed by atoms with Crippen molar-refractivity contribution < 1.29 is 4.52 Å². The smallest absolute Gasteiger partial charge is 0.141 e. The Hall–Kier alpha value is -2.88. The fourth-order valence-electron chi connectivity index (χ4n) is 3.53. The Bertz CT molecular complexity index is 1010. The zero-order chi connectivity index (χ0) is 17.4. The van der Waals surface area contributed by atoms with Crippen LogP contribution < -0.4 is 0 Å². The van der Waals surface area contributed by atoms with Crippen LogP contribution in [-0.4, -0.2) is 14.7 Å². The summed E-state index contributed by atoms with van der Waals surface area (Å²) in [6.45, 7) is 6.91. The van der Waals surface area contributed by atoms with Crippen LogP contribution in [0.3, 0.4) is 0 Å². The van der Waals surface area contributed by atoms with Crippen molar-refractivity contribution >= 4 is 11.0 Å². The van der Waals surface area contributed by atoms with E-state index < -0.39 is 0 Å². The van der Waals surface area contributed by atoms with Gasteiger partial charge in [0.25, 0.3) is 0 Å². The van der Waals surface area contributed by atoms with Crippen molar-refractivity contribution in [3.8, 4) is 11.1 Å².